The standard InChI is InChI=1S/C25H27Cl2N5OS/c1-16-5-2-3-10-31(16)11-4-6-22(33)32-12-9-18-21(14-32)34-25-23(18)24(28-15-29-25)30-17-7-8-19(26)20(27)13-17/h4,6-8,13,15-16H,2-3,5,9-12,14H2,1H3,(H,28,29,30). The van der Waals surface area contributed by atoms with Crippen molar-refractivity contribution >= 4 is 62.2 Å². The van der Waals surface area contributed by atoms with Gasteiger partial charge in [0.25, 0.3) is 0 Å². The van der Waals surface area contributed by atoms with Crippen LogP contribution in [0, 0.1) is 0 Å². The van der Waals surface area contributed by atoms with Crippen LogP contribution in [0.15, 0.2) is 36.7 Å². The highest BCUT2D eigenvalue weighted by atomic mass is 35.5. The lowest BCUT2D eigenvalue weighted by atomic mass is 10.0. The van der Waals surface area contributed by atoms with Crippen molar-refractivity contribution in [3.63, 3.8) is 0 Å². The van der Waals surface area contributed by atoms with E-state index >= 15 is 0 Å². The molecule has 1 unspecified atom stereocenters. The number of amides is 1. The monoisotopic (exact) mass is 515 g/mol. The Morgan fingerprint density at radius 3 is 2.94 bits per heavy atom. The topological polar surface area (TPSA) is 61.4 Å². The van der Waals surface area contributed by atoms with Crippen LogP contribution in [-0.4, -0.2) is 51.4 Å². The quantitative estimate of drug-likeness (QED) is 0.418. The Morgan fingerprint density at radius 2 is 2.12 bits per heavy atom. The number of likely N-dealkylation sites (tertiary alicyclic amines) is 1. The van der Waals surface area contributed by atoms with Gasteiger partial charge in [-0.25, -0.2) is 9.97 Å². The molecule has 2 aliphatic heterocycles. The molecule has 0 spiro atoms. The maximum Gasteiger partial charge on any atom is 0.246 e. The van der Waals surface area contributed by atoms with Crippen molar-refractivity contribution in [3.05, 3.63) is 57.2 Å². The third-order valence-corrected chi connectivity index (χ3v) is 8.54. The highest BCUT2D eigenvalue weighted by molar-refractivity contribution is 7.19. The van der Waals surface area contributed by atoms with E-state index in [9.17, 15) is 4.79 Å². The molecule has 1 amide bonds. The highest BCUT2D eigenvalue weighted by Gasteiger charge is 2.26. The van der Waals surface area contributed by atoms with E-state index < -0.39 is 0 Å². The molecule has 6 nitrogen and oxygen atoms in total. The van der Waals surface area contributed by atoms with Gasteiger partial charge < -0.3 is 10.2 Å². The fraction of sp³-hybridized carbons (Fsp3) is 0.400. The van der Waals surface area contributed by atoms with Crippen LogP contribution < -0.4 is 5.32 Å². The predicted octanol–water partition coefficient (Wildman–Crippen LogP) is 6.06. The molecule has 1 fully saturated rings. The normalized spacial score (nSPS) is 19.0. The van der Waals surface area contributed by atoms with Gasteiger partial charge >= 0.3 is 0 Å². The fourth-order valence-corrected chi connectivity index (χ4v) is 6.25. The summed E-state index contributed by atoms with van der Waals surface area (Å²) < 4.78 is 0. The molecule has 0 saturated carbocycles. The van der Waals surface area contributed by atoms with Gasteiger partial charge in [-0.1, -0.05) is 35.7 Å². The van der Waals surface area contributed by atoms with Crippen LogP contribution in [0.5, 0.6) is 0 Å². The first kappa shape index (κ1) is 23.5. The summed E-state index contributed by atoms with van der Waals surface area (Å²) in [6.45, 7) is 5.52. The number of halogens is 2. The highest BCUT2D eigenvalue weighted by Crippen LogP contribution is 2.38. The molecule has 4 heterocycles. The van der Waals surface area contributed by atoms with Crippen LogP contribution >= 0.6 is 34.5 Å². The second-order valence-corrected chi connectivity index (χ2v) is 10.8. The van der Waals surface area contributed by atoms with E-state index in [2.05, 4.69) is 27.1 Å². The first-order valence-electron chi connectivity index (χ1n) is 11.7. The zero-order valence-electron chi connectivity index (χ0n) is 19.1. The van der Waals surface area contributed by atoms with Crippen molar-refractivity contribution in [2.75, 3.05) is 25.0 Å². The van der Waals surface area contributed by atoms with E-state index in [1.165, 1.54) is 29.7 Å². The molecular formula is C25H27Cl2N5OS. The summed E-state index contributed by atoms with van der Waals surface area (Å²) in [4.78, 5) is 28.3. The van der Waals surface area contributed by atoms with Crippen LogP contribution in [-0.2, 0) is 17.8 Å². The molecule has 3 aromatic rings. The largest absolute Gasteiger partial charge is 0.340 e. The Balaban J connectivity index is 1.30. The molecule has 0 radical (unpaired) electrons. The molecule has 2 aliphatic rings. The molecule has 1 saturated heterocycles. The number of piperidine rings is 1. The van der Waals surface area contributed by atoms with Gasteiger partial charge in [-0.15, -0.1) is 11.3 Å². The maximum atomic E-state index is 12.9. The number of hydrogen-bond acceptors (Lipinski definition) is 6. The Labute approximate surface area is 213 Å². The van der Waals surface area contributed by atoms with Crippen LogP contribution in [0.3, 0.4) is 0 Å². The minimum Gasteiger partial charge on any atom is -0.340 e. The SMILES string of the molecule is CC1CCCCN1CC=CC(=O)N1CCc2c(sc3ncnc(Nc4ccc(Cl)c(Cl)c4)c23)C1. The summed E-state index contributed by atoms with van der Waals surface area (Å²) in [6, 6.07) is 6.01. The molecule has 5 rings (SSSR count). The van der Waals surface area contributed by atoms with E-state index in [4.69, 9.17) is 23.2 Å². The number of nitrogens with one attached hydrogen (secondary N) is 1. The number of anilines is 2. The van der Waals surface area contributed by atoms with E-state index in [-0.39, 0.29) is 5.91 Å². The van der Waals surface area contributed by atoms with E-state index in [0.717, 1.165) is 41.2 Å². The molecule has 178 valence electrons. The van der Waals surface area contributed by atoms with E-state index in [0.29, 0.717) is 29.2 Å². The molecular weight excluding hydrogens is 489 g/mol. The van der Waals surface area contributed by atoms with Crippen LogP contribution in [0.4, 0.5) is 11.5 Å². The van der Waals surface area contributed by atoms with Crippen LogP contribution in [0.25, 0.3) is 10.2 Å². The number of fused-ring (bicyclic) bond motifs is 3. The first-order valence-corrected chi connectivity index (χ1v) is 13.2. The van der Waals surface area contributed by atoms with Crippen molar-refractivity contribution in [2.45, 2.75) is 45.2 Å². The minimum atomic E-state index is 0.0769. The van der Waals surface area contributed by atoms with Gasteiger partial charge in [0.15, 0.2) is 0 Å². The first-order chi connectivity index (χ1) is 16.5. The number of carbonyl (C=O) groups is 1. The average Bonchev–Trinajstić information content (AvgIpc) is 3.21. The number of thiophene rings is 1. The van der Waals surface area contributed by atoms with E-state index in [1.807, 2.05) is 17.0 Å². The molecule has 2 aromatic heterocycles. The van der Waals surface area contributed by atoms with Crippen molar-refractivity contribution in [2.24, 2.45) is 0 Å². The number of rotatable bonds is 5. The number of nitrogens with zero attached hydrogens (tertiary/aromatic N) is 4. The molecule has 9 heteroatoms. The number of carbonyl (C=O) groups excluding carboxylic acids is 1. The summed E-state index contributed by atoms with van der Waals surface area (Å²) in [5.41, 5.74) is 2.04. The molecule has 1 N–H and O–H groups in total. The Hall–Kier alpha value is -2.19. The summed E-state index contributed by atoms with van der Waals surface area (Å²) in [5, 5.41) is 5.39. The van der Waals surface area contributed by atoms with Gasteiger partial charge in [0.2, 0.25) is 5.91 Å². The predicted molar refractivity (Wildman–Crippen MR) is 140 cm³/mol. The second-order valence-electron chi connectivity index (χ2n) is 8.91. The van der Waals surface area contributed by atoms with Gasteiger partial charge in [-0.05, 0) is 56.5 Å². The van der Waals surface area contributed by atoms with Crippen LogP contribution in [0.2, 0.25) is 10.0 Å². The molecule has 34 heavy (non-hydrogen) atoms. The van der Waals surface area contributed by atoms with Gasteiger partial charge in [-0.3, -0.25) is 9.69 Å². The van der Waals surface area contributed by atoms with Crippen molar-refractivity contribution in [3.8, 4) is 0 Å². The Kier molecular flexibility index (Phi) is 7.06. The second kappa shape index (κ2) is 10.2. The lowest BCUT2D eigenvalue weighted by molar-refractivity contribution is -0.126. The zero-order valence-corrected chi connectivity index (χ0v) is 21.4. The van der Waals surface area contributed by atoms with Crippen molar-refractivity contribution in [1.29, 1.82) is 0 Å². The lowest BCUT2D eigenvalue weighted by Crippen LogP contribution is -2.37. The summed E-state index contributed by atoms with van der Waals surface area (Å²) in [6.07, 6.45) is 9.91. The van der Waals surface area contributed by atoms with Crippen LogP contribution in [0.1, 0.15) is 36.6 Å². The van der Waals surface area contributed by atoms with Gasteiger partial charge in [0, 0.05) is 35.8 Å². The smallest absolute Gasteiger partial charge is 0.246 e. The van der Waals surface area contributed by atoms with Gasteiger partial charge in [0.1, 0.15) is 17.0 Å². The van der Waals surface area contributed by atoms with Crippen molar-refractivity contribution in [1.82, 2.24) is 19.8 Å². The molecule has 0 aliphatic carbocycles. The van der Waals surface area contributed by atoms with Gasteiger partial charge in [-0.2, -0.15) is 0 Å². The number of aromatic nitrogens is 2. The average molecular weight is 516 g/mol. The molecule has 1 atom stereocenters. The maximum absolute atomic E-state index is 12.9. The summed E-state index contributed by atoms with van der Waals surface area (Å²) in [7, 11) is 0. The summed E-state index contributed by atoms with van der Waals surface area (Å²) >= 11 is 13.9. The third kappa shape index (κ3) is 4.93. The zero-order chi connectivity index (χ0) is 23.7. The van der Waals surface area contributed by atoms with Crippen molar-refractivity contribution < 1.29 is 4.79 Å². The molecule has 1 aromatic carbocycles. The minimum absolute atomic E-state index is 0.0769. The fourth-order valence-electron chi connectivity index (χ4n) is 4.74. The van der Waals surface area contributed by atoms with E-state index in [1.54, 1.807) is 35.9 Å². The Bertz CT molecular complexity index is 1240. The summed E-state index contributed by atoms with van der Waals surface area (Å²) in [5.74, 6) is 0.823. The third-order valence-electron chi connectivity index (χ3n) is 6.67. The lowest BCUT2D eigenvalue weighted by Gasteiger charge is -2.32. The number of benzene rings is 1. The van der Waals surface area contributed by atoms with Gasteiger partial charge in [0.05, 0.1) is 22.0 Å². The Morgan fingerprint density at radius 1 is 1.24 bits per heavy atom. The number of hydrogen-bond donors (Lipinski definition) is 1. The molecule has 0 bridgehead atoms.